The minimum atomic E-state index is -0.485. The second kappa shape index (κ2) is 6.73. The van der Waals surface area contributed by atoms with Crippen LogP contribution in [0.25, 0.3) is 0 Å². The molecule has 5 saturated carbocycles. The van der Waals surface area contributed by atoms with Gasteiger partial charge in [0.2, 0.25) is 0 Å². The fourth-order valence-corrected chi connectivity index (χ4v) is 11.2. The zero-order valence-corrected chi connectivity index (χ0v) is 21.9. The van der Waals surface area contributed by atoms with E-state index in [1.165, 1.54) is 50.5 Å². The second-order valence-electron chi connectivity index (χ2n) is 14.6. The lowest BCUT2D eigenvalue weighted by Crippen LogP contribution is -2.69. The van der Waals surface area contributed by atoms with E-state index in [2.05, 4.69) is 55.0 Å². The average molecular weight is 441 g/mol. The molecule has 0 radical (unpaired) electrons. The Bertz CT molecular complexity index is 842. The summed E-state index contributed by atoms with van der Waals surface area (Å²) in [5.74, 6) is 3.31. The third kappa shape index (κ3) is 2.55. The Morgan fingerprint density at radius 2 is 1.56 bits per heavy atom. The largest absolute Gasteiger partial charge is 0.392 e. The molecule has 0 heterocycles. The maximum atomic E-state index is 12.9. The van der Waals surface area contributed by atoms with E-state index in [1.54, 1.807) is 0 Å². The van der Waals surface area contributed by atoms with E-state index in [-0.39, 0.29) is 22.0 Å². The minimum absolute atomic E-state index is 0.150. The fourth-order valence-electron chi connectivity index (χ4n) is 11.2. The van der Waals surface area contributed by atoms with Crippen LogP contribution in [-0.4, -0.2) is 17.0 Å². The molecule has 32 heavy (non-hydrogen) atoms. The van der Waals surface area contributed by atoms with E-state index in [9.17, 15) is 9.90 Å². The normalized spacial score (nSPS) is 56.6. The van der Waals surface area contributed by atoms with E-state index in [0.717, 1.165) is 18.3 Å². The van der Waals surface area contributed by atoms with Crippen molar-refractivity contribution in [2.24, 2.45) is 56.7 Å². The van der Waals surface area contributed by atoms with Gasteiger partial charge in [-0.2, -0.15) is 0 Å². The van der Waals surface area contributed by atoms with Crippen LogP contribution in [0.15, 0.2) is 12.2 Å². The molecule has 0 aromatic rings. The second-order valence-corrected chi connectivity index (χ2v) is 14.6. The summed E-state index contributed by atoms with van der Waals surface area (Å²) < 4.78 is 0. The zero-order chi connectivity index (χ0) is 23.5. The van der Waals surface area contributed by atoms with Crippen molar-refractivity contribution >= 4 is 5.78 Å². The molecule has 2 nitrogen and oxygen atoms in total. The van der Waals surface area contributed by atoms with Crippen molar-refractivity contribution in [3.63, 3.8) is 0 Å². The minimum Gasteiger partial charge on any atom is -0.392 e. The lowest BCUT2D eigenvalue weighted by molar-refractivity contribution is -0.254. The summed E-state index contributed by atoms with van der Waals surface area (Å²) in [6.45, 7) is 21.3. The molecule has 0 bridgehead atoms. The topological polar surface area (TPSA) is 37.3 Å². The molecule has 0 saturated heterocycles. The van der Waals surface area contributed by atoms with E-state index in [0.29, 0.717) is 35.0 Å². The van der Waals surface area contributed by atoms with E-state index in [1.807, 2.05) is 0 Å². The molecule has 5 aliphatic rings. The fraction of sp³-hybridized carbons (Fsp3) is 0.900. The van der Waals surface area contributed by atoms with Gasteiger partial charge in [0.05, 0.1) is 6.10 Å². The number of carbonyl (C=O) groups is 1. The number of fused-ring (bicyclic) bond motifs is 7. The molecule has 180 valence electrons. The van der Waals surface area contributed by atoms with E-state index >= 15 is 0 Å². The summed E-state index contributed by atoms with van der Waals surface area (Å²) >= 11 is 0. The van der Waals surface area contributed by atoms with Crippen LogP contribution in [0.4, 0.5) is 0 Å². The first-order chi connectivity index (χ1) is 14.7. The molecule has 10 atom stereocenters. The first kappa shape index (κ1) is 23.1. The number of Topliss-reactive ketones (excluding diaryl/α,β-unsaturated/α-hetero) is 1. The third-order valence-electron chi connectivity index (χ3n) is 13.3. The van der Waals surface area contributed by atoms with Gasteiger partial charge in [-0.3, -0.25) is 4.79 Å². The summed E-state index contributed by atoms with van der Waals surface area (Å²) in [6, 6.07) is 0. The maximum absolute atomic E-state index is 12.9. The third-order valence-corrected chi connectivity index (χ3v) is 13.3. The average Bonchev–Trinajstić information content (AvgIpc) is 3.05. The molecule has 0 aromatic heterocycles. The van der Waals surface area contributed by atoms with Crippen molar-refractivity contribution < 1.29 is 9.90 Å². The van der Waals surface area contributed by atoms with Gasteiger partial charge in [-0.1, -0.05) is 53.7 Å². The van der Waals surface area contributed by atoms with Gasteiger partial charge in [-0.25, -0.2) is 0 Å². The first-order valence-corrected chi connectivity index (χ1v) is 13.6. The summed E-state index contributed by atoms with van der Waals surface area (Å²) in [5, 5.41) is 11.5. The Hall–Kier alpha value is -0.630. The molecule has 2 heteroatoms. The van der Waals surface area contributed by atoms with Crippen molar-refractivity contribution in [1.29, 1.82) is 0 Å². The standard InChI is InChI=1S/C30H48O2/c1-18(2)19-11-13-27(5)15-16-28(6)20(25(19)27)9-10-22-29(28,7)14-12-21-26(3,4)23(31)17-24(32)30(21,22)8/h19-22,24-25,32H,1,9-17H2,2-8H3/t19-,20+,21-,22+,24+,25+,27+,28+,29+,30-/m0/s1. The summed E-state index contributed by atoms with van der Waals surface area (Å²) in [7, 11) is 0. The van der Waals surface area contributed by atoms with Crippen LogP contribution in [0.3, 0.4) is 0 Å². The molecule has 5 aliphatic carbocycles. The number of ketones is 1. The van der Waals surface area contributed by atoms with E-state index < -0.39 is 6.10 Å². The number of aliphatic hydroxyl groups is 1. The highest BCUT2D eigenvalue weighted by molar-refractivity contribution is 5.86. The van der Waals surface area contributed by atoms with Crippen molar-refractivity contribution in [3.05, 3.63) is 12.2 Å². The van der Waals surface area contributed by atoms with Gasteiger partial charge in [0, 0.05) is 17.3 Å². The monoisotopic (exact) mass is 440 g/mol. The smallest absolute Gasteiger partial charge is 0.141 e. The summed E-state index contributed by atoms with van der Waals surface area (Å²) in [4.78, 5) is 12.9. The molecular formula is C30H48O2. The van der Waals surface area contributed by atoms with Crippen LogP contribution >= 0.6 is 0 Å². The molecule has 5 rings (SSSR count). The van der Waals surface area contributed by atoms with Crippen LogP contribution in [0.1, 0.15) is 106 Å². The highest BCUT2D eigenvalue weighted by Gasteiger charge is 2.71. The molecule has 0 spiro atoms. The Balaban J connectivity index is 1.57. The quantitative estimate of drug-likeness (QED) is 0.438. The van der Waals surface area contributed by atoms with Gasteiger partial charge in [-0.15, -0.1) is 0 Å². The van der Waals surface area contributed by atoms with Crippen LogP contribution in [-0.2, 0) is 4.79 Å². The van der Waals surface area contributed by atoms with Crippen molar-refractivity contribution in [2.45, 2.75) is 112 Å². The van der Waals surface area contributed by atoms with Crippen LogP contribution in [0.5, 0.6) is 0 Å². The number of aliphatic hydroxyl groups excluding tert-OH is 1. The molecule has 1 N–H and O–H groups in total. The number of carbonyl (C=O) groups excluding carboxylic acids is 1. The summed E-state index contributed by atoms with van der Waals surface area (Å²) in [5.41, 5.74) is 1.99. The zero-order valence-electron chi connectivity index (χ0n) is 21.9. The predicted molar refractivity (Wildman–Crippen MR) is 131 cm³/mol. The van der Waals surface area contributed by atoms with E-state index in [4.69, 9.17) is 0 Å². The molecular weight excluding hydrogens is 392 g/mol. The molecule has 0 unspecified atom stereocenters. The lowest BCUT2D eigenvalue weighted by atomic mass is 9.32. The molecule has 5 fully saturated rings. The Labute approximate surface area is 197 Å². The highest BCUT2D eigenvalue weighted by atomic mass is 16.3. The summed E-state index contributed by atoms with van der Waals surface area (Å²) in [6.07, 6.45) is 10.1. The van der Waals surface area contributed by atoms with Crippen LogP contribution < -0.4 is 0 Å². The van der Waals surface area contributed by atoms with Gasteiger partial charge in [0.15, 0.2) is 0 Å². The van der Waals surface area contributed by atoms with Crippen molar-refractivity contribution in [2.75, 3.05) is 0 Å². The molecule has 0 aliphatic heterocycles. The van der Waals surface area contributed by atoms with Gasteiger partial charge in [-0.05, 0) is 104 Å². The van der Waals surface area contributed by atoms with Crippen LogP contribution in [0, 0.1) is 56.7 Å². The predicted octanol–water partition coefficient (Wildman–Crippen LogP) is 7.20. The van der Waals surface area contributed by atoms with Crippen molar-refractivity contribution in [3.8, 4) is 0 Å². The molecule has 0 amide bonds. The van der Waals surface area contributed by atoms with Crippen molar-refractivity contribution in [1.82, 2.24) is 0 Å². The van der Waals surface area contributed by atoms with Gasteiger partial charge < -0.3 is 5.11 Å². The molecule has 0 aromatic carbocycles. The first-order valence-electron chi connectivity index (χ1n) is 13.6. The Kier molecular flexibility index (Phi) is 4.87. The van der Waals surface area contributed by atoms with Gasteiger partial charge >= 0.3 is 0 Å². The Morgan fingerprint density at radius 3 is 2.22 bits per heavy atom. The van der Waals surface area contributed by atoms with Crippen LogP contribution in [0.2, 0.25) is 0 Å². The number of hydrogen-bond donors (Lipinski definition) is 1. The SMILES string of the molecule is C=C(C)[C@@H]1CC[C@]2(C)CC[C@]3(C)[C@H](CC[C@H]4[C@@]5(C)[C@H](O)CC(=O)C(C)(C)[C@@H]5CC[C@]43C)[C@@H]12. The number of hydrogen-bond acceptors (Lipinski definition) is 2. The highest BCUT2D eigenvalue weighted by Crippen LogP contribution is 2.77. The Morgan fingerprint density at radius 1 is 0.875 bits per heavy atom. The maximum Gasteiger partial charge on any atom is 0.141 e. The lowest BCUT2D eigenvalue weighted by Gasteiger charge is -2.72. The number of allylic oxidation sites excluding steroid dienone is 1. The van der Waals surface area contributed by atoms with Gasteiger partial charge in [0.25, 0.3) is 0 Å². The number of rotatable bonds is 1. The van der Waals surface area contributed by atoms with Gasteiger partial charge in [0.1, 0.15) is 5.78 Å².